The zero-order chi connectivity index (χ0) is 12.4. The Morgan fingerprint density at radius 3 is 2.44 bits per heavy atom. The normalized spacial score (nSPS) is 16.7. The van der Waals surface area contributed by atoms with Gasteiger partial charge >= 0.3 is 0 Å². The highest BCUT2D eigenvalue weighted by molar-refractivity contribution is 7.10. The lowest BCUT2D eigenvalue weighted by Crippen LogP contribution is -2.32. The quantitative estimate of drug-likeness (QED) is 0.874. The van der Waals surface area contributed by atoms with Gasteiger partial charge in [-0.15, -0.1) is 11.3 Å². The van der Waals surface area contributed by atoms with E-state index in [1.807, 2.05) is 11.3 Å². The molecule has 1 unspecified atom stereocenters. The molecule has 1 aromatic heterocycles. The van der Waals surface area contributed by atoms with Crippen LogP contribution in [0.2, 0.25) is 0 Å². The second kappa shape index (κ2) is 5.25. The van der Waals surface area contributed by atoms with E-state index < -0.39 is 0 Å². The van der Waals surface area contributed by atoms with Gasteiger partial charge < -0.3 is 5.32 Å². The van der Waals surface area contributed by atoms with Crippen LogP contribution in [0.15, 0.2) is 41.8 Å². The number of rotatable bonds is 4. The molecule has 3 rings (SSSR count). The topological polar surface area (TPSA) is 12.0 Å². The van der Waals surface area contributed by atoms with Crippen LogP contribution in [0.1, 0.15) is 35.4 Å². The van der Waals surface area contributed by atoms with E-state index in [9.17, 15) is 0 Å². The van der Waals surface area contributed by atoms with Gasteiger partial charge in [0.2, 0.25) is 0 Å². The molecule has 0 aliphatic heterocycles. The summed E-state index contributed by atoms with van der Waals surface area (Å²) in [6, 6.07) is 14.3. The van der Waals surface area contributed by atoms with Gasteiger partial charge in [0.05, 0.1) is 0 Å². The lowest BCUT2D eigenvalue weighted by atomic mass is 10.1. The van der Waals surface area contributed by atoms with Crippen LogP contribution in [0.5, 0.6) is 0 Å². The first kappa shape index (κ1) is 11.9. The van der Waals surface area contributed by atoms with Gasteiger partial charge in [-0.25, -0.2) is 0 Å². The summed E-state index contributed by atoms with van der Waals surface area (Å²) in [7, 11) is 0. The van der Waals surface area contributed by atoms with Crippen molar-refractivity contribution in [3.05, 3.63) is 57.8 Å². The molecule has 0 spiro atoms. The summed E-state index contributed by atoms with van der Waals surface area (Å²) in [5, 5.41) is 6.00. The van der Waals surface area contributed by atoms with Crippen molar-refractivity contribution in [1.29, 1.82) is 0 Å². The lowest BCUT2D eigenvalue weighted by molar-refractivity contribution is 0.440. The average Bonchev–Trinajstić information content (AvgIpc) is 3.04. The highest BCUT2D eigenvalue weighted by atomic mass is 32.1. The van der Waals surface area contributed by atoms with Crippen LogP contribution in [0.25, 0.3) is 0 Å². The Hall–Kier alpha value is -1.12. The Morgan fingerprint density at radius 1 is 1.17 bits per heavy atom. The largest absolute Gasteiger partial charge is 0.306 e. The van der Waals surface area contributed by atoms with Crippen LogP contribution in [0, 0.1) is 0 Å². The van der Waals surface area contributed by atoms with Crippen molar-refractivity contribution in [2.45, 2.75) is 38.3 Å². The summed E-state index contributed by atoms with van der Waals surface area (Å²) in [5.74, 6) is 0. The van der Waals surface area contributed by atoms with E-state index in [1.54, 1.807) is 0 Å². The second-order valence-corrected chi connectivity index (χ2v) is 6.00. The van der Waals surface area contributed by atoms with Crippen molar-refractivity contribution in [3.63, 3.8) is 0 Å². The molecule has 0 fully saturated rings. The Morgan fingerprint density at radius 2 is 1.89 bits per heavy atom. The van der Waals surface area contributed by atoms with Crippen LogP contribution in [-0.2, 0) is 12.8 Å². The predicted octanol–water partition coefficient (Wildman–Crippen LogP) is 3.96. The van der Waals surface area contributed by atoms with E-state index in [0.717, 1.165) is 6.42 Å². The van der Waals surface area contributed by atoms with E-state index in [-0.39, 0.29) is 0 Å². The highest BCUT2D eigenvalue weighted by Gasteiger charge is 2.23. The van der Waals surface area contributed by atoms with Gasteiger partial charge in [-0.1, -0.05) is 37.3 Å². The molecular weight excluding hydrogens is 238 g/mol. The molecule has 1 nitrogen and oxygen atoms in total. The first-order valence-electron chi connectivity index (χ1n) is 6.73. The fraction of sp³-hybridized carbons (Fsp3) is 0.375. The van der Waals surface area contributed by atoms with E-state index in [2.05, 4.69) is 54.0 Å². The summed E-state index contributed by atoms with van der Waals surface area (Å²) >= 11 is 1.86. The number of benzene rings is 1. The van der Waals surface area contributed by atoms with Crippen molar-refractivity contribution >= 4 is 11.3 Å². The molecule has 1 aliphatic rings. The molecule has 1 aliphatic carbocycles. The zero-order valence-electron chi connectivity index (χ0n) is 10.7. The summed E-state index contributed by atoms with van der Waals surface area (Å²) in [6.45, 7) is 2.26. The standard InChI is InChI=1S/C16H19NS/c1-2-15(16-8-5-9-18-16)17-14-10-12-6-3-4-7-13(12)11-14/h3-9,14-15,17H,2,10-11H2,1H3. The minimum atomic E-state index is 0.518. The summed E-state index contributed by atoms with van der Waals surface area (Å²) in [5.41, 5.74) is 3.05. The minimum Gasteiger partial charge on any atom is -0.306 e. The molecule has 1 heterocycles. The van der Waals surface area contributed by atoms with Crippen molar-refractivity contribution in [3.8, 4) is 0 Å². The fourth-order valence-corrected chi connectivity index (χ4v) is 3.72. The van der Waals surface area contributed by atoms with E-state index in [0.29, 0.717) is 12.1 Å². The molecular formula is C16H19NS. The lowest BCUT2D eigenvalue weighted by Gasteiger charge is -2.20. The molecule has 1 aromatic carbocycles. The van der Waals surface area contributed by atoms with Crippen molar-refractivity contribution in [1.82, 2.24) is 5.32 Å². The van der Waals surface area contributed by atoms with Crippen molar-refractivity contribution < 1.29 is 0 Å². The smallest absolute Gasteiger partial charge is 0.0414 e. The second-order valence-electron chi connectivity index (χ2n) is 5.02. The van der Waals surface area contributed by atoms with Gasteiger partial charge in [-0.2, -0.15) is 0 Å². The number of hydrogen-bond donors (Lipinski definition) is 1. The Bertz CT molecular complexity index is 479. The van der Waals surface area contributed by atoms with Gasteiger partial charge in [0.15, 0.2) is 0 Å². The average molecular weight is 257 g/mol. The highest BCUT2D eigenvalue weighted by Crippen LogP contribution is 2.27. The molecule has 0 amide bonds. The molecule has 2 heteroatoms. The van der Waals surface area contributed by atoms with Crippen LogP contribution < -0.4 is 5.32 Å². The third-order valence-electron chi connectivity index (χ3n) is 3.78. The molecule has 0 saturated carbocycles. The van der Waals surface area contributed by atoms with E-state index in [1.165, 1.54) is 28.8 Å². The first-order valence-corrected chi connectivity index (χ1v) is 7.61. The van der Waals surface area contributed by atoms with Gasteiger partial charge in [0, 0.05) is 17.0 Å². The zero-order valence-corrected chi connectivity index (χ0v) is 11.5. The molecule has 2 aromatic rings. The summed E-state index contributed by atoms with van der Waals surface area (Å²) in [4.78, 5) is 1.47. The maximum Gasteiger partial charge on any atom is 0.0414 e. The predicted molar refractivity (Wildman–Crippen MR) is 78.1 cm³/mol. The van der Waals surface area contributed by atoms with E-state index in [4.69, 9.17) is 0 Å². The number of thiophene rings is 1. The molecule has 0 bridgehead atoms. The summed E-state index contributed by atoms with van der Waals surface area (Å²) in [6.07, 6.45) is 3.52. The third-order valence-corrected chi connectivity index (χ3v) is 4.77. The maximum absolute atomic E-state index is 3.83. The summed E-state index contributed by atoms with van der Waals surface area (Å²) < 4.78 is 0. The maximum atomic E-state index is 3.83. The molecule has 0 saturated heterocycles. The number of fused-ring (bicyclic) bond motifs is 1. The van der Waals surface area contributed by atoms with Gasteiger partial charge in [-0.05, 0) is 41.8 Å². The first-order chi connectivity index (χ1) is 8.86. The molecule has 1 atom stereocenters. The number of nitrogens with one attached hydrogen (secondary N) is 1. The molecule has 94 valence electrons. The molecule has 1 N–H and O–H groups in total. The Kier molecular flexibility index (Phi) is 3.48. The Labute approximate surface area is 113 Å². The number of hydrogen-bond acceptors (Lipinski definition) is 2. The van der Waals surface area contributed by atoms with Crippen LogP contribution in [0.3, 0.4) is 0 Å². The van der Waals surface area contributed by atoms with Crippen LogP contribution >= 0.6 is 11.3 Å². The van der Waals surface area contributed by atoms with Crippen molar-refractivity contribution in [2.75, 3.05) is 0 Å². The van der Waals surface area contributed by atoms with Gasteiger partial charge in [0.1, 0.15) is 0 Å². The van der Waals surface area contributed by atoms with Crippen molar-refractivity contribution in [2.24, 2.45) is 0 Å². The molecule has 18 heavy (non-hydrogen) atoms. The van der Waals surface area contributed by atoms with Crippen LogP contribution in [0.4, 0.5) is 0 Å². The fourth-order valence-electron chi connectivity index (χ4n) is 2.85. The SMILES string of the molecule is CCC(NC1Cc2ccccc2C1)c1cccs1. The van der Waals surface area contributed by atoms with Gasteiger partial charge in [0.25, 0.3) is 0 Å². The van der Waals surface area contributed by atoms with Gasteiger partial charge in [-0.3, -0.25) is 0 Å². The minimum absolute atomic E-state index is 0.518. The third kappa shape index (κ3) is 2.36. The van der Waals surface area contributed by atoms with E-state index >= 15 is 0 Å². The Balaban J connectivity index is 1.68. The monoisotopic (exact) mass is 257 g/mol. The molecule has 0 radical (unpaired) electrons. The van der Waals surface area contributed by atoms with Crippen LogP contribution in [-0.4, -0.2) is 6.04 Å².